The van der Waals surface area contributed by atoms with Gasteiger partial charge in [-0.1, -0.05) is 6.07 Å². The van der Waals surface area contributed by atoms with Crippen LogP contribution in [0, 0.1) is 11.6 Å². The average molecular weight is 346 g/mol. The molecule has 3 aromatic rings. The van der Waals surface area contributed by atoms with Gasteiger partial charge in [0.2, 0.25) is 0 Å². The average Bonchev–Trinajstić information content (AvgIpc) is 2.99. The van der Waals surface area contributed by atoms with Gasteiger partial charge in [0, 0.05) is 29.3 Å². The number of rotatable bonds is 4. The maximum Gasteiger partial charge on any atom is 0.259 e. The van der Waals surface area contributed by atoms with Crippen molar-refractivity contribution in [3.05, 3.63) is 70.4 Å². The van der Waals surface area contributed by atoms with Gasteiger partial charge in [-0.3, -0.25) is 10.1 Å². The number of nitrogens with two attached hydrogens (primary N) is 1. The molecule has 0 radical (unpaired) electrons. The predicted octanol–water partition coefficient (Wildman–Crippen LogP) is 3.24. The van der Waals surface area contributed by atoms with Crippen molar-refractivity contribution in [3.63, 3.8) is 0 Å². The Morgan fingerprint density at radius 3 is 2.54 bits per heavy atom. The minimum atomic E-state index is -0.609. The molecule has 0 saturated heterocycles. The van der Waals surface area contributed by atoms with Crippen molar-refractivity contribution in [2.75, 3.05) is 11.1 Å². The Hall–Kier alpha value is -2.87. The van der Waals surface area contributed by atoms with Gasteiger partial charge in [0.15, 0.2) is 5.13 Å². The molecule has 0 aliphatic heterocycles. The zero-order chi connectivity index (χ0) is 17.1. The first kappa shape index (κ1) is 16.0. The van der Waals surface area contributed by atoms with Crippen LogP contribution >= 0.6 is 11.3 Å². The third kappa shape index (κ3) is 3.54. The molecule has 0 aliphatic carbocycles. The van der Waals surface area contributed by atoms with Crippen molar-refractivity contribution < 1.29 is 13.6 Å². The fourth-order valence-electron chi connectivity index (χ4n) is 2.03. The van der Waals surface area contributed by atoms with E-state index in [4.69, 9.17) is 5.73 Å². The van der Waals surface area contributed by atoms with Crippen LogP contribution in [0.2, 0.25) is 0 Å². The highest BCUT2D eigenvalue weighted by atomic mass is 32.1. The molecule has 3 N–H and O–H groups in total. The number of benzene rings is 1. The zero-order valence-electron chi connectivity index (χ0n) is 12.3. The second kappa shape index (κ2) is 6.71. The van der Waals surface area contributed by atoms with E-state index in [1.54, 1.807) is 6.07 Å². The lowest BCUT2D eigenvalue weighted by Gasteiger charge is -2.02. The predicted molar refractivity (Wildman–Crippen MR) is 87.9 cm³/mol. The van der Waals surface area contributed by atoms with E-state index in [1.165, 1.54) is 36.7 Å². The molecule has 0 aliphatic rings. The number of halogens is 2. The monoisotopic (exact) mass is 346 g/mol. The van der Waals surface area contributed by atoms with Crippen LogP contribution in [-0.2, 0) is 6.42 Å². The Morgan fingerprint density at radius 2 is 1.88 bits per heavy atom. The quantitative estimate of drug-likeness (QED) is 0.760. The number of amides is 1. The van der Waals surface area contributed by atoms with E-state index < -0.39 is 11.6 Å². The molecule has 2 heterocycles. The third-order valence-electron chi connectivity index (χ3n) is 3.24. The van der Waals surface area contributed by atoms with Crippen LogP contribution in [-0.4, -0.2) is 15.9 Å². The standard InChI is InChI=1S/C16H12F2N4OS/c17-12-2-1-3-13(18)11(12)6-10-8-21-16(24-10)22-15(23)9-4-5-14(19)20-7-9/h1-5,7-8H,6H2,(H2,19,20)(H,21,22,23). The summed E-state index contributed by atoms with van der Waals surface area (Å²) >= 11 is 1.15. The Bertz CT molecular complexity index is 860. The van der Waals surface area contributed by atoms with Gasteiger partial charge in [0.05, 0.1) is 5.56 Å². The summed E-state index contributed by atoms with van der Waals surface area (Å²) in [6.07, 6.45) is 2.90. The van der Waals surface area contributed by atoms with E-state index in [1.807, 2.05) is 0 Å². The number of nitrogens with one attached hydrogen (secondary N) is 1. The molecule has 0 atom stereocenters. The fraction of sp³-hybridized carbons (Fsp3) is 0.0625. The van der Waals surface area contributed by atoms with Crippen LogP contribution in [0.25, 0.3) is 0 Å². The minimum absolute atomic E-state index is 0.0261. The highest BCUT2D eigenvalue weighted by Crippen LogP contribution is 2.24. The van der Waals surface area contributed by atoms with Gasteiger partial charge in [0.25, 0.3) is 5.91 Å². The van der Waals surface area contributed by atoms with Crippen LogP contribution in [0.4, 0.5) is 19.7 Å². The maximum absolute atomic E-state index is 13.7. The Morgan fingerprint density at radius 1 is 1.12 bits per heavy atom. The SMILES string of the molecule is Nc1ccc(C(=O)Nc2ncc(Cc3c(F)cccc3F)s2)cn1. The van der Waals surface area contributed by atoms with Crippen LogP contribution in [0.5, 0.6) is 0 Å². The number of carbonyl (C=O) groups excluding carboxylic acids is 1. The van der Waals surface area contributed by atoms with Crippen molar-refractivity contribution >= 4 is 28.2 Å². The molecule has 1 aromatic carbocycles. The summed E-state index contributed by atoms with van der Waals surface area (Å²) in [4.78, 5) is 20.6. The van der Waals surface area contributed by atoms with Crippen LogP contribution in [0.15, 0.2) is 42.7 Å². The normalized spacial score (nSPS) is 10.6. The smallest absolute Gasteiger partial charge is 0.259 e. The number of anilines is 2. The van der Waals surface area contributed by atoms with E-state index in [2.05, 4.69) is 15.3 Å². The number of carbonyl (C=O) groups is 1. The summed E-state index contributed by atoms with van der Waals surface area (Å²) in [7, 11) is 0. The third-order valence-corrected chi connectivity index (χ3v) is 4.15. The Balaban J connectivity index is 1.71. The van der Waals surface area contributed by atoms with E-state index >= 15 is 0 Å². The number of hydrogen-bond acceptors (Lipinski definition) is 5. The molecule has 8 heteroatoms. The van der Waals surface area contributed by atoms with Crippen LogP contribution in [0.1, 0.15) is 20.8 Å². The number of nitrogens with zero attached hydrogens (tertiary/aromatic N) is 2. The molecule has 1 amide bonds. The lowest BCUT2D eigenvalue weighted by Crippen LogP contribution is -2.12. The molecule has 2 aromatic heterocycles. The molecule has 0 bridgehead atoms. The summed E-state index contributed by atoms with van der Waals surface area (Å²) < 4.78 is 27.3. The zero-order valence-corrected chi connectivity index (χ0v) is 13.1. The van der Waals surface area contributed by atoms with Crippen molar-refractivity contribution in [1.82, 2.24) is 9.97 Å². The highest BCUT2D eigenvalue weighted by Gasteiger charge is 2.13. The molecule has 5 nitrogen and oxygen atoms in total. The van der Waals surface area contributed by atoms with Gasteiger partial charge in [-0.2, -0.15) is 0 Å². The first-order valence-electron chi connectivity index (χ1n) is 6.93. The molecule has 24 heavy (non-hydrogen) atoms. The van der Waals surface area contributed by atoms with Crippen LogP contribution < -0.4 is 11.1 Å². The van der Waals surface area contributed by atoms with Crippen molar-refractivity contribution in [2.24, 2.45) is 0 Å². The summed E-state index contributed by atoms with van der Waals surface area (Å²) in [5.41, 5.74) is 5.77. The number of pyridine rings is 1. The maximum atomic E-state index is 13.7. The highest BCUT2D eigenvalue weighted by molar-refractivity contribution is 7.15. The molecule has 0 unspecified atom stereocenters. The number of thiazole rings is 1. The van der Waals surface area contributed by atoms with Crippen molar-refractivity contribution in [3.8, 4) is 0 Å². The van der Waals surface area contributed by atoms with Crippen LogP contribution in [0.3, 0.4) is 0 Å². The first-order chi connectivity index (χ1) is 11.5. The lowest BCUT2D eigenvalue weighted by atomic mass is 10.1. The fourth-order valence-corrected chi connectivity index (χ4v) is 2.85. The van der Waals surface area contributed by atoms with E-state index in [0.29, 0.717) is 21.4 Å². The van der Waals surface area contributed by atoms with Crippen molar-refractivity contribution in [2.45, 2.75) is 6.42 Å². The molecule has 0 fully saturated rings. The second-order valence-corrected chi connectivity index (χ2v) is 6.05. The number of hydrogen-bond donors (Lipinski definition) is 2. The van der Waals surface area contributed by atoms with Gasteiger partial charge in [-0.05, 0) is 24.3 Å². The summed E-state index contributed by atoms with van der Waals surface area (Å²) in [6.45, 7) is 0. The van der Waals surface area contributed by atoms with E-state index in [0.717, 1.165) is 11.3 Å². The van der Waals surface area contributed by atoms with Gasteiger partial charge < -0.3 is 5.73 Å². The summed E-state index contributed by atoms with van der Waals surface area (Å²) in [5, 5.41) is 2.95. The van der Waals surface area contributed by atoms with E-state index in [9.17, 15) is 13.6 Å². The topological polar surface area (TPSA) is 80.9 Å². The second-order valence-electron chi connectivity index (χ2n) is 4.93. The molecule has 122 valence electrons. The minimum Gasteiger partial charge on any atom is -0.384 e. The first-order valence-corrected chi connectivity index (χ1v) is 7.75. The number of nitrogen functional groups attached to an aromatic ring is 1. The number of aromatic nitrogens is 2. The molecule has 0 saturated carbocycles. The molecular weight excluding hydrogens is 334 g/mol. The molecular formula is C16H12F2N4OS. The Kier molecular flexibility index (Phi) is 4.48. The largest absolute Gasteiger partial charge is 0.384 e. The van der Waals surface area contributed by atoms with Gasteiger partial charge in [0.1, 0.15) is 17.5 Å². The summed E-state index contributed by atoms with van der Waals surface area (Å²) in [5.74, 6) is -1.29. The lowest BCUT2D eigenvalue weighted by molar-refractivity contribution is 0.102. The molecule has 0 spiro atoms. The van der Waals surface area contributed by atoms with Gasteiger partial charge in [-0.15, -0.1) is 11.3 Å². The van der Waals surface area contributed by atoms with Gasteiger partial charge in [-0.25, -0.2) is 18.7 Å². The van der Waals surface area contributed by atoms with Gasteiger partial charge >= 0.3 is 0 Å². The molecule has 3 rings (SSSR count). The van der Waals surface area contributed by atoms with E-state index in [-0.39, 0.29) is 17.9 Å². The summed E-state index contributed by atoms with van der Waals surface area (Å²) in [6, 6.07) is 6.78. The van der Waals surface area contributed by atoms with Crippen molar-refractivity contribution in [1.29, 1.82) is 0 Å². The Labute approximate surface area is 140 Å².